The number of hydrogen-bond acceptors (Lipinski definition) is 0. The first-order chi connectivity index (χ1) is 6.17. The molecule has 1 aromatic carbocycles. The third kappa shape index (κ3) is 3.00. The van der Waals surface area contributed by atoms with Crippen molar-refractivity contribution < 1.29 is 0 Å². The molecule has 0 amide bonds. The van der Waals surface area contributed by atoms with Crippen molar-refractivity contribution in [3.05, 3.63) is 37.3 Å². The molecule has 1 rings (SSSR count). The van der Waals surface area contributed by atoms with Crippen molar-refractivity contribution in [1.82, 2.24) is 0 Å². The molecule has 0 bridgehead atoms. The van der Waals surface area contributed by atoms with Gasteiger partial charge in [-0.1, -0.05) is 74.4 Å². The van der Waals surface area contributed by atoms with Gasteiger partial charge in [-0.15, -0.1) is 0 Å². The fourth-order valence-corrected chi connectivity index (χ4v) is 4.12. The van der Waals surface area contributed by atoms with Gasteiger partial charge in [-0.05, 0) is 0 Å². The van der Waals surface area contributed by atoms with Crippen molar-refractivity contribution in [2.45, 2.75) is 32.0 Å². The van der Waals surface area contributed by atoms with Gasteiger partial charge < -0.3 is 0 Å². The molecule has 0 saturated heterocycles. The lowest BCUT2D eigenvalue weighted by Gasteiger charge is -2.22. The zero-order valence-corrected chi connectivity index (χ0v) is 9.72. The summed E-state index contributed by atoms with van der Waals surface area (Å²) in [6.07, 6.45) is 2.34. The standard InChI is InChI=1S/C12H19Si/c1-4-5-11-13(2,3)12-9-7-6-8-10-12/h6-10H,1,4-5,11H2,2-3H3. The maximum Gasteiger partial charge on any atom is 0.0806 e. The van der Waals surface area contributed by atoms with Crippen LogP contribution < -0.4 is 5.19 Å². The molecule has 0 unspecified atom stereocenters. The van der Waals surface area contributed by atoms with Gasteiger partial charge in [-0.3, -0.25) is 0 Å². The molecule has 0 spiro atoms. The van der Waals surface area contributed by atoms with E-state index in [4.69, 9.17) is 0 Å². The summed E-state index contributed by atoms with van der Waals surface area (Å²) in [6.45, 7) is 8.79. The first kappa shape index (κ1) is 10.5. The summed E-state index contributed by atoms with van der Waals surface area (Å²) >= 11 is 0. The van der Waals surface area contributed by atoms with E-state index >= 15 is 0 Å². The Kier molecular flexibility index (Phi) is 3.73. The Morgan fingerprint density at radius 2 is 1.77 bits per heavy atom. The summed E-state index contributed by atoms with van der Waals surface area (Å²) in [7, 11) is -1.14. The molecule has 0 fully saturated rings. The van der Waals surface area contributed by atoms with Crippen molar-refractivity contribution in [2.24, 2.45) is 0 Å². The molecule has 0 N–H and O–H groups in total. The summed E-state index contributed by atoms with van der Waals surface area (Å²) in [5.74, 6) is 0. The zero-order chi connectivity index (χ0) is 9.73. The van der Waals surface area contributed by atoms with Crippen molar-refractivity contribution in [2.75, 3.05) is 0 Å². The van der Waals surface area contributed by atoms with E-state index in [0.29, 0.717) is 0 Å². The Bertz CT molecular complexity index is 239. The minimum Gasteiger partial charge on any atom is -0.0654 e. The Morgan fingerprint density at radius 3 is 2.31 bits per heavy atom. The second-order valence-corrected chi connectivity index (χ2v) is 9.05. The van der Waals surface area contributed by atoms with E-state index in [0.717, 1.165) is 6.42 Å². The van der Waals surface area contributed by atoms with Crippen LogP contribution in [0.25, 0.3) is 0 Å². The quantitative estimate of drug-likeness (QED) is 0.641. The van der Waals surface area contributed by atoms with E-state index in [2.05, 4.69) is 50.3 Å². The summed E-state index contributed by atoms with van der Waals surface area (Å²) in [5, 5.41) is 1.57. The van der Waals surface area contributed by atoms with E-state index < -0.39 is 8.07 Å². The molecular weight excluding hydrogens is 172 g/mol. The highest BCUT2D eigenvalue weighted by molar-refractivity contribution is 6.89. The summed E-state index contributed by atoms with van der Waals surface area (Å²) in [5.41, 5.74) is 0. The summed E-state index contributed by atoms with van der Waals surface area (Å²) in [4.78, 5) is 0. The van der Waals surface area contributed by atoms with Crippen LogP contribution in [0.2, 0.25) is 19.1 Å². The highest BCUT2D eigenvalue weighted by Crippen LogP contribution is 2.13. The molecule has 0 atom stereocenters. The van der Waals surface area contributed by atoms with Crippen LogP contribution in [-0.2, 0) is 0 Å². The monoisotopic (exact) mass is 191 g/mol. The average molecular weight is 191 g/mol. The van der Waals surface area contributed by atoms with Gasteiger partial charge in [0.15, 0.2) is 0 Å². The van der Waals surface area contributed by atoms with Crippen LogP contribution in [-0.4, -0.2) is 8.07 Å². The van der Waals surface area contributed by atoms with Gasteiger partial charge >= 0.3 is 0 Å². The van der Waals surface area contributed by atoms with Crippen LogP contribution in [0.1, 0.15) is 12.8 Å². The van der Waals surface area contributed by atoms with Crippen molar-refractivity contribution >= 4 is 13.3 Å². The van der Waals surface area contributed by atoms with Crippen LogP contribution in [0.3, 0.4) is 0 Å². The number of benzene rings is 1. The molecule has 0 saturated carbocycles. The highest BCUT2D eigenvalue weighted by Gasteiger charge is 2.21. The Morgan fingerprint density at radius 1 is 1.15 bits per heavy atom. The maximum absolute atomic E-state index is 3.90. The van der Waals surface area contributed by atoms with Gasteiger partial charge in [0.1, 0.15) is 0 Å². The van der Waals surface area contributed by atoms with E-state index in [1.54, 1.807) is 5.19 Å². The Hall–Kier alpha value is -0.563. The molecule has 0 aliphatic heterocycles. The van der Waals surface area contributed by atoms with Crippen molar-refractivity contribution in [3.8, 4) is 0 Å². The molecule has 0 heterocycles. The predicted molar refractivity (Wildman–Crippen MR) is 63.0 cm³/mol. The zero-order valence-electron chi connectivity index (χ0n) is 8.72. The lowest BCUT2D eigenvalue weighted by Crippen LogP contribution is -2.40. The fraction of sp³-hybridized carbons (Fsp3) is 0.417. The molecular formula is C12H19Si. The molecule has 1 aromatic rings. The molecule has 0 aliphatic rings. The van der Waals surface area contributed by atoms with Crippen LogP contribution in [0.15, 0.2) is 30.3 Å². The van der Waals surface area contributed by atoms with Gasteiger partial charge in [0.05, 0.1) is 8.07 Å². The maximum atomic E-state index is 3.90. The van der Waals surface area contributed by atoms with Gasteiger partial charge in [-0.25, -0.2) is 0 Å². The van der Waals surface area contributed by atoms with Crippen molar-refractivity contribution in [1.29, 1.82) is 0 Å². The summed E-state index contributed by atoms with van der Waals surface area (Å²) in [6, 6.07) is 12.3. The van der Waals surface area contributed by atoms with E-state index in [1.807, 2.05) is 0 Å². The van der Waals surface area contributed by atoms with E-state index in [1.165, 1.54) is 12.5 Å². The average Bonchev–Trinajstić information content (AvgIpc) is 2.16. The molecule has 1 heteroatoms. The fourth-order valence-electron chi connectivity index (χ4n) is 1.60. The SMILES string of the molecule is [CH2]CCC[Si](C)(C)c1ccccc1. The normalized spacial score (nSPS) is 11.6. The first-order valence-electron chi connectivity index (χ1n) is 5.01. The van der Waals surface area contributed by atoms with Crippen LogP contribution in [0, 0.1) is 6.92 Å². The molecule has 0 aliphatic carbocycles. The van der Waals surface area contributed by atoms with Crippen molar-refractivity contribution in [3.63, 3.8) is 0 Å². The van der Waals surface area contributed by atoms with Gasteiger partial charge in [0.2, 0.25) is 0 Å². The Labute approximate surface area is 83.0 Å². The largest absolute Gasteiger partial charge is 0.0806 e. The minimum atomic E-state index is -1.14. The van der Waals surface area contributed by atoms with E-state index in [9.17, 15) is 0 Å². The second kappa shape index (κ2) is 4.61. The number of rotatable bonds is 4. The lowest BCUT2D eigenvalue weighted by molar-refractivity contribution is 0.935. The minimum absolute atomic E-state index is 1.07. The summed E-state index contributed by atoms with van der Waals surface area (Å²) < 4.78 is 0. The highest BCUT2D eigenvalue weighted by atomic mass is 28.3. The van der Waals surface area contributed by atoms with E-state index in [-0.39, 0.29) is 0 Å². The number of hydrogen-bond donors (Lipinski definition) is 0. The lowest BCUT2D eigenvalue weighted by atomic mass is 10.4. The topological polar surface area (TPSA) is 0 Å². The van der Waals surface area contributed by atoms with Crippen LogP contribution >= 0.6 is 0 Å². The number of unbranched alkanes of at least 4 members (excludes halogenated alkanes) is 1. The van der Waals surface area contributed by atoms with Gasteiger partial charge in [-0.2, -0.15) is 0 Å². The van der Waals surface area contributed by atoms with Gasteiger partial charge in [0.25, 0.3) is 0 Å². The molecule has 1 radical (unpaired) electrons. The molecule has 13 heavy (non-hydrogen) atoms. The Balaban J connectivity index is 2.69. The third-order valence-corrected chi connectivity index (χ3v) is 6.11. The third-order valence-electron chi connectivity index (χ3n) is 2.61. The molecule has 0 aromatic heterocycles. The van der Waals surface area contributed by atoms with Crippen LogP contribution in [0.5, 0.6) is 0 Å². The smallest absolute Gasteiger partial charge is 0.0654 e. The van der Waals surface area contributed by atoms with Crippen LogP contribution in [0.4, 0.5) is 0 Å². The second-order valence-electron chi connectivity index (χ2n) is 4.21. The molecule has 71 valence electrons. The molecule has 0 nitrogen and oxygen atoms in total. The predicted octanol–water partition coefficient (Wildman–Crippen LogP) is 3.22. The van der Waals surface area contributed by atoms with Gasteiger partial charge in [0, 0.05) is 0 Å². The first-order valence-corrected chi connectivity index (χ1v) is 8.22.